The molecule has 98 valence electrons. The molecule has 0 aliphatic carbocycles. The number of hydrogen-bond donors (Lipinski definition) is 0. The number of carbonyl (C=O) groups is 1. The smallest absolute Gasteiger partial charge is 0.328 e. The van der Waals surface area contributed by atoms with Gasteiger partial charge in [0.05, 0.1) is 6.61 Å². The van der Waals surface area contributed by atoms with Gasteiger partial charge in [0.1, 0.15) is 0 Å². The first-order chi connectivity index (χ1) is 8.45. The van der Waals surface area contributed by atoms with Crippen LogP contribution in [0.3, 0.4) is 0 Å². The van der Waals surface area contributed by atoms with Gasteiger partial charge in [-0.15, -0.1) is 0 Å². The fourth-order valence-electron chi connectivity index (χ4n) is 1.72. The van der Waals surface area contributed by atoms with Gasteiger partial charge in [0.15, 0.2) is 16.8 Å². The second-order valence-electron chi connectivity index (χ2n) is 3.75. The summed E-state index contributed by atoms with van der Waals surface area (Å²) in [4.78, 5) is 11.5. The zero-order chi connectivity index (χ0) is 13.3. The summed E-state index contributed by atoms with van der Waals surface area (Å²) in [7, 11) is -4.20. The van der Waals surface area contributed by atoms with E-state index in [2.05, 4.69) is 8.92 Å². The van der Waals surface area contributed by atoms with Gasteiger partial charge in [-0.05, 0) is 13.0 Å². The number of hydrogen-bond acceptors (Lipinski definition) is 5. The summed E-state index contributed by atoms with van der Waals surface area (Å²) >= 11 is 0. The Morgan fingerprint density at radius 1 is 1.56 bits per heavy atom. The van der Waals surface area contributed by atoms with Crippen molar-refractivity contribution < 1.29 is 26.5 Å². The number of benzene rings is 1. The molecule has 18 heavy (non-hydrogen) atoms. The highest BCUT2D eigenvalue weighted by Crippen LogP contribution is 2.32. The van der Waals surface area contributed by atoms with Crippen LogP contribution in [0.2, 0.25) is 0 Å². The molecule has 1 atom stereocenters. The van der Waals surface area contributed by atoms with Crippen LogP contribution in [-0.2, 0) is 26.1 Å². The molecular formula is C11H11FO5S. The lowest BCUT2D eigenvalue weighted by molar-refractivity contribution is -0.142. The van der Waals surface area contributed by atoms with E-state index in [1.807, 2.05) is 0 Å². The molecule has 2 rings (SSSR count). The van der Waals surface area contributed by atoms with Crippen molar-refractivity contribution in [3.63, 3.8) is 0 Å². The van der Waals surface area contributed by atoms with Crippen LogP contribution in [0.25, 0.3) is 0 Å². The Morgan fingerprint density at radius 2 is 2.28 bits per heavy atom. The van der Waals surface area contributed by atoms with Crippen LogP contribution in [0.15, 0.2) is 18.2 Å². The third-order valence-electron chi connectivity index (χ3n) is 2.55. The van der Waals surface area contributed by atoms with Crippen molar-refractivity contribution in [3.8, 4) is 5.75 Å². The molecule has 1 unspecified atom stereocenters. The first-order valence-corrected chi connectivity index (χ1v) is 6.80. The van der Waals surface area contributed by atoms with Crippen molar-refractivity contribution >= 4 is 16.1 Å². The number of carbonyl (C=O) groups excluding carboxylic acids is 1. The Morgan fingerprint density at radius 3 is 2.94 bits per heavy atom. The van der Waals surface area contributed by atoms with Crippen LogP contribution >= 0.6 is 0 Å². The second kappa shape index (κ2) is 4.56. The first-order valence-electron chi connectivity index (χ1n) is 5.33. The lowest BCUT2D eigenvalue weighted by Gasteiger charge is -2.23. The van der Waals surface area contributed by atoms with Crippen molar-refractivity contribution in [2.45, 2.75) is 18.6 Å². The molecule has 1 aromatic carbocycles. The molecule has 5 nitrogen and oxygen atoms in total. The molecule has 0 fully saturated rings. The van der Waals surface area contributed by atoms with Gasteiger partial charge >= 0.3 is 16.1 Å². The molecule has 0 amide bonds. The highest BCUT2D eigenvalue weighted by Gasteiger charge is 2.41. The van der Waals surface area contributed by atoms with E-state index in [0.717, 1.165) is 6.07 Å². The number of fused-ring (bicyclic) bond motifs is 1. The van der Waals surface area contributed by atoms with E-state index < -0.39 is 27.2 Å². The average Bonchev–Trinajstić information content (AvgIpc) is 2.29. The van der Waals surface area contributed by atoms with Crippen molar-refractivity contribution in [2.24, 2.45) is 0 Å². The van der Waals surface area contributed by atoms with Crippen LogP contribution in [-0.4, -0.2) is 26.2 Å². The third-order valence-corrected chi connectivity index (χ3v) is 4.01. The van der Waals surface area contributed by atoms with Gasteiger partial charge in [0.2, 0.25) is 0 Å². The summed E-state index contributed by atoms with van der Waals surface area (Å²) in [5, 5.41) is -1.44. The number of rotatable bonds is 2. The van der Waals surface area contributed by atoms with E-state index >= 15 is 0 Å². The Bertz CT molecular complexity index is 581. The minimum absolute atomic E-state index is 0.0703. The van der Waals surface area contributed by atoms with E-state index in [9.17, 15) is 17.6 Å². The molecule has 0 saturated carbocycles. The molecule has 0 spiro atoms. The number of halogens is 1. The predicted molar refractivity (Wildman–Crippen MR) is 60.1 cm³/mol. The Kier molecular flexibility index (Phi) is 3.25. The number of esters is 1. The summed E-state index contributed by atoms with van der Waals surface area (Å²) in [5.74, 6) is -1.98. The van der Waals surface area contributed by atoms with Crippen molar-refractivity contribution in [2.75, 3.05) is 6.61 Å². The van der Waals surface area contributed by atoms with E-state index in [-0.39, 0.29) is 18.8 Å². The number of ether oxygens (including phenoxy) is 1. The summed E-state index contributed by atoms with van der Waals surface area (Å²) in [6.45, 7) is 1.64. The molecule has 1 aliphatic heterocycles. The highest BCUT2D eigenvalue weighted by molar-refractivity contribution is 7.88. The van der Waals surface area contributed by atoms with E-state index in [0.29, 0.717) is 5.56 Å². The van der Waals surface area contributed by atoms with Crippen LogP contribution in [0.4, 0.5) is 4.39 Å². The van der Waals surface area contributed by atoms with Crippen molar-refractivity contribution in [3.05, 3.63) is 29.6 Å². The summed E-state index contributed by atoms with van der Waals surface area (Å²) < 4.78 is 46.1. The standard InChI is InChI=1S/C11H11FO5S/c1-2-16-11(13)9-6-7-4-3-5-8(12)10(7)17-18(9,14)15/h3-5,9H,2,6H2,1H3. The van der Waals surface area contributed by atoms with Gasteiger partial charge < -0.3 is 8.92 Å². The van der Waals surface area contributed by atoms with Crippen LogP contribution in [0, 0.1) is 5.82 Å². The molecule has 0 radical (unpaired) electrons. The molecule has 1 aliphatic rings. The topological polar surface area (TPSA) is 69.7 Å². The molecular weight excluding hydrogens is 263 g/mol. The maximum atomic E-state index is 13.4. The zero-order valence-corrected chi connectivity index (χ0v) is 10.4. The van der Waals surface area contributed by atoms with Crippen LogP contribution < -0.4 is 4.18 Å². The lowest BCUT2D eigenvalue weighted by atomic mass is 10.1. The van der Waals surface area contributed by atoms with E-state index in [1.54, 1.807) is 6.92 Å². The second-order valence-corrected chi connectivity index (χ2v) is 5.47. The van der Waals surface area contributed by atoms with Gasteiger partial charge in [0.25, 0.3) is 0 Å². The fraction of sp³-hybridized carbons (Fsp3) is 0.364. The average molecular weight is 274 g/mol. The van der Waals surface area contributed by atoms with Gasteiger partial charge in [-0.2, -0.15) is 8.42 Å². The first kappa shape index (κ1) is 12.8. The Hall–Kier alpha value is -1.63. The summed E-state index contributed by atoms with van der Waals surface area (Å²) in [6.07, 6.45) is -0.145. The highest BCUT2D eigenvalue weighted by atomic mass is 32.2. The molecule has 0 N–H and O–H groups in total. The molecule has 0 aromatic heterocycles. The zero-order valence-electron chi connectivity index (χ0n) is 9.55. The molecule has 1 aromatic rings. The fourth-order valence-corrected chi connectivity index (χ4v) is 2.94. The molecule has 0 bridgehead atoms. The lowest BCUT2D eigenvalue weighted by Crippen LogP contribution is -2.40. The SMILES string of the molecule is CCOC(=O)C1Cc2cccc(F)c2OS1(=O)=O. The number of para-hydroxylation sites is 1. The van der Waals surface area contributed by atoms with E-state index in [4.69, 9.17) is 0 Å². The van der Waals surface area contributed by atoms with Gasteiger partial charge in [-0.3, -0.25) is 4.79 Å². The molecule has 0 saturated heterocycles. The Balaban J connectivity index is 2.41. The van der Waals surface area contributed by atoms with Gasteiger partial charge in [0, 0.05) is 12.0 Å². The van der Waals surface area contributed by atoms with Gasteiger partial charge in [-0.1, -0.05) is 12.1 Å². The maximum absolute atomic E-state index is 13.4. The summed E-state index contributed by atoms with van der Waals surface area (Å²) in [6, 6.07) is 4.04. The monoisotopic (exact) mass is 274 g/mol. The third kappa shape index (κ3) is 2.17. The van der Waals surface area contributed by atoms with E-state index in [1.165, 1.54) is 12.1 Å². The quantitative estimate of drug-likeness (QED) is 0.595. The molecule has 1 heterocycles. The van der Waals surface area contributed by atoms with Crippen molar-refractivity contribution in [1.29, 1.82) is 0 Å². The predicted octanol–water partition coefficient (Wildman–Crippen LogP) is 1.02. The Labute approximate surface area is 104 Å². The minimum atomic E-state index is -4.20. The van der Waals surface area contributed by atoms with Crippen LogP contribution in [0.5, 0.6) is 5.75 Å². The minimum Gasteiger partial charge on any atom is -0.465 e. The van der Waals surface area contributed by atoms with Crippen molar-refractivity contribution in [1.82, 2.24) is 0 Å². The van der Waals surface area contributed by atoms with Crippen LogP contribution in [0.1, 0.15) is 12.5 Å². The van der Waals surface area contributed by atoms with Gasteiger partial charge in [-0.25, -0.2) is 4.39 Å². The maximum Gasteiger partial charge on any atom is 0.328 e. The summed E-state index contributed by atoms with van der Waals surface area (Å²) in [5.41, 5.74) is 0.336. The normalized spacial score (nSPS) is 20.7. The largest absolute Gasteiger partial charge is 0.465 e. The molecule has 7 heteroatoms.